The fourth-order valence-electron chi connectivity index (χ4n) is 1.95. The molecule has 0 spiro atoms. The van der Waals surface area contributed by atoms with Crippen molar-refractivity contribution in [2.45, 2.75) is 20.4 Å². The molecule has 1 aromatic heterocycles. The topological polar surface area (TPSA) is 71.2 Å². The van der Waals surface area contributed by atoms with E-state index >= 15 is 0 Å². The Labute approximate surface area is 122 Å². The van der Waals surface area contributed by atoms with E-state index in [0.29, 0.717) is 11.6 Å². The van der Waals surface area contributed by atoms with Crippen LogP contribution in [-0.4, -0.2) is 17.4 Å². The molecule has 3 N–H and O–H groups in total. The molecule has 1 amide bonds. The van der Waals surface area contributed by atoms with Crippen molar-refractivity contribution in [3.8, 4) is 0 Å². The first-order valence-electron chi connectivity index (χ1n) is 6.41. The quantitative estimate of drug-likeness (QED) is 0.502. The highest BCUT2D eigenvalue weighted by Gasteiger charge is 2.12. The lowest BCUT2D eigenvalue weighted by atomic mass is 10.2. The van der Waals surface area contributed by atoms with Crippen LogP contribution in [0.25, 0.3) is 0 Å². The van der Waals surface area contributed by atoms with Crippen LogP contribution in [0.15, 0.2) is 29.6 Å². The maximum atomic E-state index is 11.4. The average molecular weight is 290 g/mol. The highest BCUT2D eigenvalue weighted by molar-refractivity contribution is 7.11. The maximum Gasteiger partial charge on any atom is 0.294 e. The van der Waals surface area contributed by atoms with Crippen LogP contribution < -0.4 is 16.2 Å². The molecular weight excluding hydrogens is 272 g/mol. The van der Waals surface area contributed by atoms with Gasteiger partial charge >= 0.3 is 0 Å². The zero-order chi connectivity index (χ0) is 14.5. The van der Waals surface area contributed by atoms with Crippen molar-refractivity contribution in [1.29, 1.82) is 0 Å². The standard InChI is InChI=1S/C14H18N4OS/c1-3-18(12-6-4-5-10(2)7-12)8-11-9-20-14(16-11)13(19)17-15/h4-7,9H,3,8,15H2,1-2H3,(H,17,19). The summed E-state index contributed by atoms with van der Waals surface area (Å²) in [6, 6.07) is 8.34. The first-order chi connectivity index (χ1) is 9.63. The number of carbonyl (C=O) groups excluding carboxylic acids is 1. The Bertz CT molecular complexity index is 596. The Hall–Kier alpha value is -1.92. The Morgan fingerprint density at radius 1 is 1.50 bits per heavy atom. The minimum atomic E-state index is -0.347. The predicted molar refractivity (Wildman–Crippen MR) is 81.7 cm³/mol. The van der Waals surface area contributed by atoms with Gasteiger partial charge in [0.1, 0.15) is 0 Å². The summed E-state index contributed by atoms with van der Waals surface area (Å²) in [5.74, 6) is 4.76. The average Bonchev–Trinajstić information content (AvgIpc) is 2.92. The molecule has 0 fully saturated rings. The van der Waals surface area contributed by atoms with Gasteiger partial charge in [-0.3, -0.25) is 10.2 Å². The maximum absolute atomic E-state index is 11.4. The van der Waals surface area contributed by atoms with Gasteiger partial charge in [0.2, 0.25) is 0 Å². The number of nitrogens with one attached hydrogen (secondary N) is 1. The van der Waals surface area contributed by atoms with E-state index in [4.69, 9.17) is 5.84 Å². The summed E-state index contributed by atoms with van der Waals surface area (Å²) in [6.45, 7) is 5.72. The normalized spacial score (nSPS) is 10.3. The van der Waals surface area contributed by atoms with Crippen molar-refractivity contribution in [3.63, 3.8) is 0 Å². The molecule has 20 heavy (non-hydrogen) atoms. The number of aryl methyl sites for hydroxylation is 1. The largest absolute Gasteiger partial charge is 0.366 e. The molecule has 0 bridgehead atoms. The van der Waals surface area contributed by atoms with Gasteiger partial charge in [-0.25, -0.2) is 10.8 Å². The number of hydrogen-bond acceptors (Lipinski definition) is 5. The molecule has 0 atom stereocenters. The molecule has 106 valence electrons. The summed E-state index contributed by atoms with van der Waals surface area (Å²) >= 11 is 1.30. The van der Waals surface area contributed by atoms with Crippen molar-refractivity contribution in [2.75, 3.05) is 11.4 Å². The second-order valence-corrected chi connectivity index (χ2v) is 5.33. The van der Waals surface area contributed by atoms with Crippen LogP contribution in [0.5, 0.6) is 0 Å². The molecule has 0 aliphatic heterocycles. The molecule has 6 heteroatoms. The van der Waals surface area contributed by atoms with Gasteiger partial charge in [0.15, 0.2) is 5.01 Å². The summed E-state index contributed by atoms with van der Waals surface area (Å²) in [5.41, 5.74) is 5.35. The van der Waals surface area contributed by atoms with Gasteiger partial charge < -0.3 is 4.90 Å². The molecule has 1 aromatic carbocycles. The number of benzene rings is 1. The number of amides is 1. The predicted octanol–water partition coefficient (Wildman–Crippen LogP) is 2.08. The van der Waals surface area contributed by atoms with E-state index in [9.17, 15) is 4.79 Å². The number of hydrazine groups is 1. The van der Waals surface area contributed by atoms with Gasteiger partial charge in [0.25, 0.3) is 5.91 Å². The number of aromatic nitrogens is 1. The highest BCUT2D eigenvalue weighted by Crippen LogP contribution is 2.19. The molecule has 2 aromatic rings. The number of nitrogen functional groups attached to an aromatic ring is 1. The fraction of sp³-hybridized carbons (Fsp3) is 0.286. The molecule has 0 aliphatic rings. The Kier molecular flexibility index (Phi) is 4.70. The lowest BCUT2D eigenvalue weighted by molar-refractivity contribution is 0.0953. The number of thiazole rings is 1. The van der Waals surface area contributed by atoms with Crippen molar-refractivity contribution >= 4 is 22.9 Å². The monoisotopic (exact) mass is 290 g/mol. The third kappa shape index (κ3) is 3.34. The zero-order valence-corrected chi connectivity index (χ0v) is 12.4. The number of carbonyl (C=O) groups is 1. The molecular formula is C14H18N4OS. The van der Waals surface area contributed by atoms with Crippen LogP contribution >= 0.6 is 11.3 Å². The first-order valence-corrected chi connectivity index (χ1v) is 7.29. The Balaban J connectivity index is 2.14. The van der Waals surface area contributed by atoms with E-state index < -0.39 is 0 Å². The zero-order valence-electron chi connectivity index (χ0n) is 11.6. The summed E-state index contributed by atoms with van der Waals surface area (Å²) in [7, 11) is 0. The number of anilines is 1. The molecule has 0 saturated heterocycles. The van der Waals surface area contributed by atoms with E-state index in [1.54, 1.807) is 0 Å². The van der Waals surface area contributed by atoms with Crippen LogP contribution in [0, 0.1) is 6.92 Å². The molecule has 0 aliphatic carbocycles. The van der Waals surface area contributed by atoms with E-state index in [1.807, 2.05) is 11.4 Å². The van der Waals surface area contributed by atoms with Crippen molar-refractivity contribution in [1.82, 2.24) is 10.4 Å². The number of rotatable bonds is 5. The van der Waals surface area contributed by atoms with Crippen molar-refractivity contribution in [2.24, 2.45) is 5.84 Å². The Morgan fingerprint density at radius 2 is 2.30 bits per heavy atom. The second kappa shape index (κ2) is 6.49. The smallest absolute Gasteiger partial charge is 0.294 e. The van der Waals surface area contributed by atoms with E-state index in [2.05, 4.69) is 47.4 Å². The SMILES string of the molecule is CCN(Cc1csc(C(=O)NN)n1)c1cccc(C)c1. The van der Waals surface area contributed by atoms with Crippen LogP contribution in [0.4, 0.5) is 5.69 Å². The van der Waals surface area contributed by atoms with Gasteiger partial charge in [0, 0.05) is 17.6 Å². The minimum absolute atomic E-state index is 0.347. The molecule has 0 radical (unpaired) electrons. The molecule has 0 saturated carbocycles. The fourth-order valence-corrected chi connectivity index (χ4v) is 2.66. The van der Waals surface area contributed by atoms with Gasteiger partial charge in [-0.2, -0.15) is 0 Å². The molecule has 1 heterocycles. The van der Waals surface area contributed by atoms with E-state index in [-0.39, 0.29) is 5.91 Å². The van der Waals surface area contributed by atoms with Crippen LogP contribution in [0.2, 0.25) is 0 Å². The third-order valence-electron chi connectivity index (χ3n) is 2.98. The minimum Gasteiger partial charge on any atom is -0.366 e. The first kappa shape index (κ1) is 14.5. The summed E-state index contributed by atoms with van der Waals surface area (Å²) in [4.78, 5) is 17.9. The van der Waals surface area contributed by atoms with Gasteiger partial charge in [-0.1, -0.05) is 12.1 Å². The van der Waals surface area contributed by atoms with Crippen molar-refractivity contribution < 1.29 is 4.79 Å². The summed E-state index contributed by atoms with van der Waals surface area (Å²) in [5, 5.41) is 2.28. The second-order valence-electron chi connectivity index (χ2n) is 4.47. The van der Waals surface area contributed by atoms with Crippen LogP contribution in [0.3, 0.4) is 0 Å². The number of nitrogens with two attached hydrogens (primary N) is 1. The molecule has 2 rings (SSSR count). The van der Waals surface area contributed by atoms with Gasteiger partial charge in [-0.05, 0) is 31.5 Å². The van der Waals surface area contributed by atoms with E-state index in [0.717, 1.165) is 17.9 Å². The van der Waals surface area contributed by atoms with E-state index in [1.165, 1.54) is 16.9 Å². The van der Waals surface area contributed by atoms with Crippen LogP contribution in [-0.2, 0) is 6.54 Å². The molecule has 5 nitrogen and oxygen atoms in total. The highest BCUT2D eigenvalue weighted by atomic mass is 32.1. The van der Waals surface area contributed by atoms with Crippen LogP contribution in [0.1, 0.15) is 28.0 Å². The lowest BCUT2D eigenvalue weighted by Gasteiger charge is -2.22. The van der Waals surface area contributed by atoms with Gasteiger partial charge in [0.05, 0.1) is 12.2 Å². The lowest BCUT2D eigenvalue weighted by Crippen LogP contribution is -2.30. The summed E-state index contributed by atoms with van der Waals surface area (Å²) in [6.07, 6.45) is 0. The summed E-state index contributed by atoms with van der Waals surface area (Å²) < 4.78 is 0. The van der Waals surface area contributed by atoms with Crippen molar-refractivity contribution in [3.05, 3.63) is 45.9 Å². The van der Waals surface area contributed by atoms with Gasteiger partial charge in [-0.15, -0.1) is 11.3 Å². The Morgan fingerprint density at radius 3 is 2.95 bits per heavy atom. The molecule has 0 unspecified atom stereocenters. The number of hydrogen-bond donors (Lipinski definition) is 2. The number of nitrogens with zero attached hydrogens (tertiary/aromatic N) is 2. The third-order valence-corrected chi connectivity index (χ3v) is 3.87.